The molecule has 2 aliphatic rings. The number of amides is 1. The molecular formula is C28H29FN10O3. The number of pyridine rings is 1. The van der Waals surface area contributed by atoms with E-state index >= 15 is 4.39 Å². The van der Waals surface area contributed by atoms with Crippen LogP contribution in [0.3, 0.4) is 0 Å². The second-order valence-corrected chi connectivity index (χ2v) is 10.9. The Kier molecular flexibility index (Phi) is 6.61. The predicted octanol–water partition coefficient (Wildman–Crippen LogP) is 2.65. The maximum Gasteiger partial charge on any atom is 0.273 e. The first-order chi connectivity index (χ1) is 20.5. The quantitative estimate of drug-likeness (QED) is 0.268. The van der Waals surface area contributed by atoms with Crippen LogP contribution in [0, 0.1) is 11.7 Å². The van der Waals surface area contributed by atoms with Crippen molar-refractivity contribution in [3.8, 4) is 11.4 Å². The van der Waals surface area contributed by atoms with Crippen molar-refractivity contribution in [2.24, 2.45) is 5.92 Å². The lowest BCUT2D eigenvalue weighted by Gasteiger charge is -2.32. The molecule has 1 amide bonds. The van der Waals surface area contributed by atoms with Crippen molar-refractivity contribution in [1.29, 1.82) is 0 Å². The minimum Gasteiger partial charge on any atom is -0.494 e. The Labute approximate surface area is 239 Å². The summed E-state index contributed by atoms with van der Waals surface area (Å²) in [5.41, 5.74) is 4.97. The SMILES string of the molecule is COc1ccc(-n2cnnn2)c(CNC(=O)c2cn(Cc3cn4cc(C5CC5)cc(C(C)C5COC5)c4n3)nn2)c1F. The number of halogens is 1. The number of rotatable bonds is 10. The standard InChI is InChI=1S/C28H29FN10O3/c1-16(19-13-42-14-19)21-7-18(17-3-4-17)9-37-10-20(32-27(21)37)11-38-12-23(33-35-38)28(40)30-8-22-24(39-15-31-34-36-39)5-6-25(41-2)26(22)29/h5-7,9-10,12,15-17,19H,3-4,8,11,13-14H2,1-2H3,(H,30,40). The largest absolute Gasteiger partial charge is 0.494 e. The zero-order valence-electron chi connectivity index (χ0n) is 23.1. The van der Waals surface area contributed by atoms with E-state index in [1.54, 1.807) is 16.9 Å². The number of hydrogen-bond acceptors (Lipinski definition) is 9. The topological polar surface area (TPSA) is 139 Å². The zero-order chi connectivity index (χ0) is 28.8. The van der Waals surface area contributed by atoms with Crippen molar-refractivity contribution in [2.45, 2.75) is 44.7 Å². The summed E-state index contributed by atoms with van der Waals surface area (Å²) < 4.78 is 30.7. The third-order valence-electron chi connectivity index (χ3n) is 8.08. The third-order valence-corrected chi connectivity index (χ3v) is 8.08. The number of fused-ring (bicyclic) bond motifs is 1. The monoisotopic (exact) mass is 572 g/mol. The Hall–Kier alpha value is -4.72. The molecule has 1 aromatic carbocycles. The van der Waals surface area contributed by atoms with Crippen molar-refractivity contribution in [3.63, 3.8) is 0 Å². The van der Waals surface area contributed by atoms with Gasteiger partial charge >= 0.3 is 0 Å². The van der Waals surface area contributed by atoms with E-state index in [0.29, 0.717) is 30.0 Å². The molecule has 1 aliphatic heterocycles. The minimum atomic E-state index is -0.621. The Morgan fingerprint density at radius 3 is 2.79 bits per heavy atom. The lowest BCUT2D eigenvalue weighted by Crippen LogP contribution is -2.32. The van der Waals surface area contributed by atoms with E-state index in [1.807, 2.05) is 6.20 Å². The van der Waals surface area contributed by atoms with Gasteiger partial charge in [0, 0.05) is 30.4 Å². The lowest BCUT2D eigenvalue weighted by molar-refractivity contribution is -0.0422. The Morgan fingerprint density at radius 1 is 1.21 bits per heavy atom. The van der Waals surface area contributed by atoms with Crippen LogP contribution in [0.1, 0.15) is 64.5 Å². The van der Waals surface area contributed by atoms with Gasteiger partial charge in [-0.25, -0.2) is 18.7 Å². The van der Waals surface area contributed by atoms with Gasteiger partial charge in [0.25, 0.3) is 5.91 Å². The maximum absolute atomic E-state index is 15.1. The average Bonchev–Trinajstić information content (AvgIpc) is 3.31. The van der Waals surface area contributed by atoms with E-state index in [0.717, 1.165) is 24.6 Å². The van der Waals surface area contributed by atoms with Crippen LogP contribution in [0.2, 0.25) is 0 Å². The number of nitrogens with zero attached hydrogens (tertiary/aromatic N) is 9. The van der Waals surface area contributed by atoms with Gasteiger partial charge in [0.1, 0.15) is 12.0 Å². The molecule has 1 saturated carbocycles. The molecule has 1 N–H and O–H groups in total. The van der Waals surface area contributed by atoms with E-state index in [4.69, 9.17) is 14.5 Å². The summed E-state index contributed by atoms with van der Waals surface area (Å²) in [7, 11) is 1.37. The number of ether oxygens (including phenoxy) is 2. The first-order valence-corrected chi connectivity index (χ1v) is 13.8. The normalized spacial score (nSPS) is 16.0. The molecular weight excluding hydrogens is 543 g/mol. The number of tetrazole rings is 1. The molecule has 1 aliphatic carbocycles. The molecule has 4 aromatic heterocycles. The van der Waals surface area contributed by atoms with Crippen LogP contribution in [0.15, 0.2) is 43.1 Å². The Morgan fingerprint density at radius 2 is 2.07 bits per heavy atom. The van der Waals surface area contributed by atoms with Crippen LogP contribution >= 0.6 is 0 Å². The zero-order valence-corrected chi connectivity index (χ0v) is 23.1. The molecule has 7 rings (SSSR count). The summed E-state index contributed by atoms with van der Waals surface area (Å²) in [6, 6.07) is 5.41. The van der Waals surface area contributed by atoms with Gasteiger partial charge in [-0.3, -0.25) is 4.79 Å². The summed E-state index contributed by atoms with van der Waals surface area (Å²) in [6.07, 6.45) is 9.53. The molecule has 1 unspecified atom stereocenters. The fourth-order valence-corrected chi connectivity index (χ4v) is 5.35. The Balaban J connectivity index is 1.09. The van der Waals surface area contributed by atoms with Gasteiger partial charge in [-0.15, -0.1) is 10.2 Å². The van der Waals surface area contributed by atoms with Gasteiger partial charge in [0.2, 0.25) is 0 Å². The van der Waals surface area contributed by atoms with Crippen LogP contribution in [0.25, 0.3) is 11.3 Å². The van der Waals surface area contributed by atoms with Gasteiger partial charge in [0.15, 0.2) is 17.3 Å². The highest BCUT2D eigenvalue weighted by Gasteiger charge is 2.31. The van der Waals surface area contributed by atoms with Crippen LogP contribution in [0.4, 0.5) is 4.39 Å². The summed E-state index contributed by atoms with van der Waals surface area (Å²) in [6.45, 7) is 4.00. The molecule has 14 heteroatoms. The van der Waals surface area contributed by atoms with Crippen LogP contribution < -0.4 is 10.1 Å². The highest BCUT2D eigenvalue weighted by molar-refractivity contribution is 5.91. The van der Waals surface area contributed by atoms with Crippen LogP contribution in [-0.4, -0.2) is 70.8 Å². The van der Waals surface area contributed by atoms with Gasteiger partial charge < -0.3 is 19.2 Å². The summed E-state index contributed by atoms with van der Waals surface area (Å²) in [5, 5.41) is 21.9. The molecule has 0 spiro atoms. The van der Waals surface area contributed by atoms with Crippen molar-refractivity contribution in [3.05, 3.63) is 77.0 Å². The lowest BCUT2D eigenvalue weighted by atomic mass is 9.86. The van der Waals surface area contributed by atoms with Gasteiger partial charge in [0.05, 0.1) is 44.4 Å². The Bertz CT molecular complexity index is 1760. The first kappa shape index (κ1) is 26.2. The van der Waals surface area contributed by atoms with Crippen LogP contribution in [-0.2, 0) is 17.8 Å². The fourth-order valence-electron chi connectivity index (χ4n) is 5.35. The van der Waals surface area contributed by atoms with Crippen molar-refractivity contribution in [1.82, 2.24) is 49.9 Å². The molecule has 5 aromatic rings. The number of benzene rings is 1. The highest BCUT2D eigenvalue weighted by atomic mass is 19.1. The van der Waals surface area contributed by atoms with Gasteiger partial charge in [-0.05, 0) is 58.4 Å². The van der Waals surface area contributed by atoms with Crippen molar-refractivity contribution < 1.29 is 18.7 Å². The van der Waals surface area contributed by atoms with E-state index in [9.17, 15) is 4.79 Å². The predicted molar refractivity (Wildman–Crippen MR) is 146 cm³/mol. The molecule has 0 bridgehead atoms. The molecule has 216 valence electrons. The smallest absolute Gasteiger partial charge is 0.273 e. The van der Waals surface area contributed by atoms with E-state index in [2.05, 4.69) is 54.7 Å². The maximum atomic E-state index is 15.1. The summed E-state index contributed by atoms with van der Waals surface area (Å²) in [5.74, 6) is 0.368. The summed E-state index contributed by atoms with van der Waals surface area (Å²) >= 11 is 0. The fraction of sp³-hybridized carbons (Fsp3) is 0.393. The van der Waals surface area contributed by atoms with E-state index in [-0.39, 0.29) is 23.6 Å². The van der Waals surface area contributed by atoms with Gasteiger partial charge in [-0.1, -0.05) is 18.2 Å². The van der Waals surface area contributed by atoms with Crippen LogP contribution in [0.5, 0.6) is 5.75 Å². The average molecular weight is 573 g/mol. The number of aromatic nitrogens is 9. The second kappa shape index (κ2) is 10.6. The molecule has 13 nitrogen and oxygen atoms in total. The van der Waals surface area contributed by atoms with Gasteiger partial charge in [-0.2, -0.15) is 0 Å². The molecule has 2 fully saturated rings. The van der Waals surface area contributed by atoms with E-state index < -0.39 is 11.7 Å². The number of hydrogen-bond donors (Lipinski definition) is 1. The number of nitrogens with one attached hydrogen (secondary N) is 1. The first-order valence-electron chi connectivity index (χ1n) is 13.8. The van der Waals surface area contributed by atoms with Crippen molar-refractivity contribution >= 4 is 11.6 Å². The van der Waals surface area contributed by atoms with Crippen molar-refractivity contribution in [2.75, 3.05) is 20.3 Å². The molecule has 42 heavy (non-hydrogen) atoms. The number of methoxy groups -OCH3 is 1. The third kappa shape index (κ3) is 4.87. The van der Waals surface area contributed by atoms with E-state index in [1.165, 1.54) is 48.2 Å². The molecule has 1 saturated heterocycles. The number of imidazole rings is 1. The number of carbonyl (C=O) groups excluding carboxylic acids is 1. The highest BCUT2D eigenvalue weighted by Crippen LogP contribution is 2.42. The summed E-state index contributed by atoms with van der Waals surface area (Å²) in [4.78, 5) is 17.9. The molecule has 0 radical (unpaired) electrons. The molecule has 5 heterocycles. The second-order valence-electron chi connectivity index (χ2n) is 10.9. The number of carbonyl (C=O) groups is 1. The molecule has 1 atom stereocenters. The minimum absolute atomic E-state index is 0.0392.